The average molecular weight is 854 g/mol. The zero-order valence-electron chi connectivity index (χ0n) is 32.7. The minimum absolute atomic E-state index is 0.0265. The molecule has 1 heterocycles. The highest BCUT2D eigenvalue weighted by atomic mass is 16.7. The molecule has 0 unspecified atom stereocenters. The van der Waals surface area contributed by atoms with Gasteiger partial charge in [-0.1, -0.05) is 0 Å². The highest BCUT2D eigenvalue weighted by Gasteiger charge is 2.58. The van der Waals surface area contributed by atoms with Crippen LogP contribution in [-0.4, -0.2) is 173 Å². The fourth-order valence-electron chi connectivity index (χ4n) is 6.55. The number of nitrogens with zero attached hydrogens (tertiary/aromatic N) is 1. The van der Waals surface area contributed by atoms with Gasteiger partial charge in [0, 0.05) is 44.1 Å². The Bertz CT molecular complexity index is 1380. The molecule has 2 fully saturated rings. The molecule has 14 atom stereocenters. The molecule has 2 aliphatic rings. The summed E-state index contributed by atoms with van der Waals surface area (Å²) < 4.78 is 26.6. The first-order chi connectivity index (χ1) is 27.8. The van der Waals surface area contributed by atoms with Crippen molar-refractivity contribution in [3.63, 3.8) is 0 Å². The maximum absolute atomic E-state index is 13.2. The standard InChI is InChI=1S/C33H63N11O15/c34-7-1-4-14(35)10-18(46)42-8-2-5-15(36)11-19(47)43-9-3-6-16(37)12-20(48)56-28-27(58-32(40)53)25(52)24(51)26(29(28)59-33(41)54)57-30-23(50)21(44-31(38)39)22(49)17(13-45)55-30/h14-17,21-30,45,49-52H,1-13,34-37H2,(H2,40,53)(H2,41,54)(H,42,46)(H,43,47)(H4,38,39,44)/t14-,15-,16-,17+,21-,22+,23-,24+,25+,26-,27-,28-,29+,30+/m0/s1. The summed E-state index contributed by atoms with van der Waals surface area (Å²) in [5, 5.41) is 58.7. The van der Waals surface area contributed by atoms with Crippen molar-refractivity contribution in [2.75, 3.05) is 26.2 Å². The number of aliphatic hydroxyl groups excluding tert-OH is 5. The Morgan fingerprint density at radius 2 is 1.12 bits per heavy atom. The van der Waals surface area contributed by atoms with Crippen molar-refractivity contribution in [1.29, 1.82) is 0 Å². The lowest BCUT2D eigenvalue weighted by molar-refractivity contribution is -0.324. The van der Waals surface area contributed by atoms with Gasteiger partial charge in [0.1, 0.15) is 42.7 Å². The number of nitrogens with one attached hydrogen (secondary N) is 2. The van der Waals surface area contributed by atoms with Crippen LogP contribution in [0.5, 0.6) is 0 Å². The Kier molecular flexibility index (Phi) is 21.9. The van der Waals surface area contributed by atoms with Gasteiger partial charge in [-0.15, -0.1) is 0 Å². The monoisotopic (exact) mass is 853 g/mol. The number of hydrogen-bond donors (Lipinski definition) is 15. The fourth-order valence-corrected chi connectivity index (χ4v) is 6.55. The lowest BCUT2D eigenvalue weighted by Gasteiger charge is -2.48. The summed E-state index contributed by atoms with van der Waals surface area (Å²) >= 11 is 0. The van der Waals surface area contributed by atoms with Crippen LogP contribution < -0.4 is 56.5 Å². The van der Waals surface area contributed by atoms with Crippen LogP contribution in [0.15, 0.2) is 4.99 Å². The zero-order valence-corrected chi connectivity index (χ0v) is 32.7. The molecule has 26 heteroatoms. The molecule has 4 amide bonds. The smallest absolute Gasteiger partial charge is 0.405 e. The van der Waals surface area contributed by atoms with E-state index in [1.165, 1.54) is 0 Å². The predicted molar refractivity (Wildman–Crippen MR) is 204 cm³/mol. The van der Waals surface area contributed by atoms with Crippen LogP contribution in [-0.2, 0) is 38.1 Å². The zero-order chi connectivity index (χ0) is 44.4. The molecule has 0 aromatic carbocycles. The van der Waals surface area contributed by atoms with Gasteiger partial charge in [-0.3, -0.25) is 14.4 Å². The van der Waals surface area contributed by atoms with Gasteiger partial charge in [-0.25, -0.2) is 14.6 Å². The molecule has 1 saturated heterocycles. The molecule has 340 valence electrons. The van der Waals surface area contributed by atoms with E-state index in [9.17, 15) is 49.5 Å². The number of aliphatic imine (C=N–C) groups is 1. The predicted octanol–water partition coefficient (Wildman–Crippen LogP) is -7.29. The highest BCUT2D eigenvalue weighted by Crippen LogP contribution is 2.34. The van der Waals surface area contributed by atoms with Gasteiger partial charge in [-0.05, 0) is 45.1 Å². The Morgan fingerprint density at radius 1 is 0.644 bits per heavy atom. The summed E-state index contributed by atoms with van der Waals surface area (Å²) in [6, 6.07) is -3.15. The van der Waals surface area contributed by atoms with Gasteiger partial charge in [0.05, 0.1) is 13.0 Å². The molecule has 2 rings (SSSR count). The maximum atomic E-state index is 13.2. The quantitative estimate of drug-likeness (QED) is 0.0141. The molecule has 1 saturated carbocycles. The van der Waals surface area contributed by atoms with Crippen LogP contribution in [0.3, 0.4) is 0 Å². The van der Waals surface area contributed by atoms with Crippen LogP contribution in [0.25, 0.3) is 0 Å². The molecule has 59 heavy (non-hydrogen) atoms. The number of ether oxygens (including phenoxy) is 5. The fraction of sp³-hybridized carbons (Fsp3) is 0.818. The van der Waals surface area contributed by atoms with E-state index in [4.69, 9.17) is 69.6 Å². The molecule has 26 nitrogen and oxygen atoms in total. The Morgan fingerprint density at radius 3 is 1.61 bits per heavy atom. The molecular weight excluding hydrogens is 790 g/mol. The molecule has 0 radical (unpaired) electrons. The molecule has 0 aromatic rings. The number of rotatable bonds is 24. The summed E-state index contributed by atoms with van der Waals surface area (Å²) in [4.78, 5) is 65.2. The minimum Gasteiger partial charge on any atom is -0.454 e. The Hall–Kier alpha value is -4.22. The number of nitrogens with two attached hydrogens (primary N) is 8. The van der Waals surface area contributed by atoms with E-state index < -0.39 is 116 Å². The van der Waals surface area contributed by atoms with Crippen LogP contribution in [0.2, 0.25) is 0 Å². The first-order valence-corrected chi connectivity index (χ1v) is 19.1. The third kappa shape index (κ3) is 17.1. The lowest BCUT2D eigenvalue weighted by Crippen LogP contribution is -2.69. The topological polar surface area (TPSA) is 477 Å². The summed E-state index contributed by atoms with van der Waals surface area (Å²) in [5.74, 6) is -2.14. The molecular formula is C33H63N11O15. The Balaban J connectivity index is 1.99. The number of hydrogen-bond acceptors (Lipinski definition) is 20. The number of esters is 1. The van der Waals surface area contributed by atoms with E-state index in [1.54, 1.807) is 0 Å². The van der Waals surface area contributed by atoms with Gasteiger partial charge < -0.3 is 106 Å². The summed E-state index contributed by atoms with van der Waals surface area (Å²) in [7, 11) is 0. The Labute approximate surface area is 339 Å². The SMILES string of the molecule is NCCC[C@H](N)CC(=O)NCCC[C@H](N)CC(=O)NCCC[C@H](N)CC(=O)O[C@@H]1[C@H](OC(N)=O)[C@@H](O[C@H]2O[C@H](CO)[C@@H](O)[C@H](N=C(N)N)[C@@H]2O)[C@H](O)[C@@H](O)[C@@H]1OC(N)=O. The van der Waals surface area contributed by atoms with Crippen molar-refractivity contribution < 1.29 is 73.2 Å². The second kappa shape index (κ2) is 25.4. The maximum Gasteiger partial charge on any atom is 0.405 e. The van der Waals surface area contributed by atoms with E-state index in [2.05, 4.69) is 15.6 Å². The molecule has 1 aliphatic heterocycles. The van der Waals surface area contributed by atoms with Crippen LogP contribution in [0.1, 0.15) is 57.8 Å². The normalized spacial score (nSPS) is 29.5. The largest absolute Gasteiger partial charge is 0.454 e. The number of carbonyl (C=O) groups excluding carboxylic acids is 5. The number of primary amides is 2. The van der Waals surface area contributed by atoms with Gasteiger partial charge in [0.25, 0.3) is 0 Å². The summed E-state index contributed by atoms with van der Waals surface area (Å²) in [6.07, 6.45) is -19.6. The molecule has 0 bridgehead atoms. The van der Waals surface area contributed by atoms with Crippen molar-refractivity contribution in [3.8, 4) is 0 Å². The first kappa shape index (κ1) is 50.9. The van der Waals surface area contributed by atoms with Gasteiger partial charge in [-0.2, -0.15) is 0 Å². The lowest BCUT2D eigenvalue weighted by atomic mass is 9.84. The third-order valence-electron chi connectivity index (χ3n) is 9.46. The molecule has 0 aromatic heterocycles. The van der Waals surface area contributed by atoms with Gasteiger partial charge >= 0.3 is 18.2 Å². The highest BCUT2D eigenvalue weighted by molar-refractivity contribution is 5.77. The van der Waals surface area contributed by atoms with Crippen LogP contribution in [0, 0.1) is 0 Å². The van der Waals surface area contributed by atoms with E-state index in [0.29, 0.717) is 38.8 Å². The minimum atomic E-state index is -2.16. The summed E-state index contributed by atoms with van der Waals surface area (Å²) in [6.45, 7) is 0.223. The second-order valence-corrected chi connectivity index (χ2v) is 14.4. The van der Waals surface area contributed by atoms with E-state index in [1.807, 2.05) is 0 Å². The van der Waals surface area contributed by atoms with Crippen molar-refractivity contribution in [2.24, 2.45) is 50.9 Å². The van der Waals surface area contributed by atoms with E-state index in [0.717, 1.165) is 6.42 Å². The van der Waals surface area contributed by atoms with Crippen molar-refractivity contribution in [3.05, 3.63) is 0 Å². The van der Waals surface area contributed by atoms with Crippen molar-refractivity contribution in [1.82, 2.24) is 10.6 Å². The van der Waals surface area contributed by atoms with Crippen LogP contribution in [0.4, 0.5) is 9.59 Å². The van der Waals surface area contributed by atoms with Gasteiger partial charge in [0.2, 0.25) is 11.8 Å². The van der Waals surface area contributed by atoms with Crippen molar-refractivity contribution in [2.45, 2.75) is 143 Å². The number of guanidine groups is 1. The van der Waals surface area contributed by atoms with Crippen LogP contribution >= 0.6 is 0 Å². The molecule has 0 spiro atoms. The van der Waals surface area contributed by atoms with E-state index in [-0.39, 0.29) is 43.7 Å². The first-order valence-electron chi connectivity index (χ1n) is 19.1. The third-order valence-corrected chi connectivity index (χ3v) is 9.46. The number of amides is 4. The van der Waals surface area contributed by atoms with Crippen molar-refractivity contribution >= 4 is 35.9 Å². The summed E-state index contributed by atoms with van der Waals surface area (Å²) in [5.41, 5.74) is 44.8. The molecule has 23 N–H and O–H groups in total. The molecule has 1 aliphatic carbocycles. The number of aliphatic hydroxyl groups is 5. The second-order valence-electron chi connectivity index (χ2n) is 14.4. The average Bonchev–Trinajstić information content (AvgIpc) is 3.15. The van der Waals surface area contributed by atoms with Gasteiger partial charge in [0.15, 0.2) is 30.6 Å². The van der Waals surface area contributed by atoms with E-state index >= 15 is 0 Å². The number of carbonyl (C=O) groups is 5.